The van der Waals surface area contributed by atoms with E-state index in [1.807, 2.05) is 11.8 Å². The molecule has 5 heteroatoms. The minimum Gasteiger partial charge on any atom is -0.466 e. The molecule has 0 aromatic heterocycles. The average Bonchev–Trinajstić information content (AvgIpc) is 2.30. The first-order valence-electron chi connectivity index (χ1n) is 6.38. The number of esters is 1. The zero-order valence-electron chi connectivity index (χ0n) is 10.5. The lowest BCUT2D eigenvalue weighted by molar-refractivity contribution is -0.145. The van der Waals surface area contributed by atoms with Crippen molar-refractivity contribution in [2.24, 2.45) is 0 Å². The maximum atomic E-state index is 11.1. The normalized spacial score (nSPS) is 22.1. The molecule has 0 radical (unpaired) electrons. The van der Waals surface area contributed by atoms with Crippen molar-refractivity contribution in [1.82, 2.24) is 5.32 Å². The van der Waals surface area contributed by atoms with Gasteiger partial charge in [-0.3, -0.25) is 4.79 Å². The van der Waals surface area contributed by atoms with Crippen LogP contribution in [0, 0.1) is 0 Å². The van der Waals surface area contributed by atoms with Gasteiger partial charge >= 0.3 is 5.97 Å². The van der Waals surface area contributed by atoms with E-state index in [1.165, 1.54) is 25.0 Å². The van der Waals surface area contributed by atoms with Crippen molar-refractivity contribution in [2.75, 3.05) is 25.4 Å². The Balaban J connectivity index is 2.02. The average molecular weight is 261 g/mol. The van der Waals surface area contributed by atoms with Crippen LogP contribution in [-0.4, -0.2) is 47.9 Å². The third-order valence-corrected chi connectivity index (χ3v) is 4.13. The second-order valence-electron chi connectivity index (χ2n) is 4.31. The van der Waals surface area contributed by atoms with Crippen molar-refractivity contribution < 1.29 is 14.6 Å². The molecule has 1 heterocycles. The Bertz CT molecular complexity index is 220. The van der Waals surface area contributed by atoms with Gasteiger partial charge in [-0.2, -0.15) is 11.8 Å². The summed E-state index contributed by atoms with van der Waals surface area (Å²) >= 11 is 2.00. The molecule has 0 aliphatic carbocycles. The Kier molecular flexibility index (Phi) is 7.64. The van der Waals surface area contributed by atoms with Gasteiger partial charge in [-0.15, -0.1) is 0 Å². The largest absolute Gasteiger partial charge is 0.466 e. The number of aliphatic hydroxyl groups is 1. The minimum absolute atomic E-state index is 0.0820. The summed E-state index contributed by atoms with van der Waals surface area (Å²) in [7, 11) is 0. The first-order chi connectivity index (χ1) is 8.22. The summed E-state index contributed by atoms with van der Waals surface area (Å²) in [5, 5.41) is 13.5. The number of thioether (sulfide) groups is 1. The first-order valence-corrected chi connectivity index (χ1v) is 7.43. The molecule has 1 aliphatic heterocycles. The van der Waals surface area contributed by atoms with Crippen LogP contribution in [-0.2, 0) is 9.53 Å². The topological polar surface area (TPSA) is 58.6 Å². The zero-order valence-corrected chi connectivity index (χ0v) is 11.3. The lowest BCUT2D eigenvalue weighted by Gasteiger charge is -2.22. The summed E-state index contributed by atoms with van der Waals surface area (Å²) in [4.78, 5) is 11.1. The number of hydrogen-bond acceptors (Lipinski definition) is 5. The number of nitrogens with one attached hydrogen (secondary N) is 1. The Morgan fingerprint density at radius 1 is 1.59 bits per heavy atom. The highest BCUT2D eigenvalue weighted by atomic mass is 32.2. The fraction of sp³-hybridized carbons (Fsp3) is 0.917. The molecule has 100 valence electrons. The SMILES string of the molecule is CCOC(=O)CC(O)CNCC1CCCCS1. The summed E-state index contributed by atoms with van der Waals surface area (Å²) in [5.41, 5.74) is 0. The zero-order chi connectivity index (χ0) is 12.5. The van der Waals surface area contributed by atoms with Crippen LogP contribution < -0.4 is 5.32 Å². The highest BCUT2D eigenvalue weighted by Gasteiger charge is 2.15. The quantitative estimate of drug-likeness (QED) is 0.674. The third kappa shape index (κ3) is 6.91. The van der Waals surface area contributed by atoms with Crippen LogP contribution in [0.15, 0.2) is 0 Å². The van der Waals surface area contributed by atoms with Crippen LogP contribution in [0.1, 0.15) is 32.6 Å². The van der Waals surface area contributed by atoms with Gasteiger partial charge < -0.3 is 15.2 Å². The molecular formula is C12H23NO3S. The Labute approximate surface area is 107 Å². The molecule has 1 rings (SSSR count). The van der Waals surface area contributed by atoms with Crippen molar-refractivity contribution in [3.05, 3.63) is 0 Å². The standard InChI is InChI=1S/C12H23NO3S/c1-2-16-12(15)7-10(14)8-13-9-11-5-3-4-6-17-11/h10-11,13-14H,2-9H2,1H3. The predicted octanol–water partition coefficient (Wildman–Crippen LogP) is 1.18. The van der Waals surface area contributed by atoms with Crippen LogP contribution >= 0.6 is 11.8 Å². The third-order valence-electron chi connectivity index (χ3n) is 2.73. The molecule has 17 heavy (non-hydrogen) atoms. The molecule has 2 atom stereocenters. The van der Waals surface area contributed by atoms with Gasteiger partial charge in [-0.05, 0) is 25.5 Å². The van der Waals surface area contributed by atoms with Gasteiger partial charge in [0.25, 0.3) is 0 Å². The van der Waals surface area contributed by atoms with Gasteiger partial charge in [0, 0.05) is 18.3 Å². The number of aliphatic hydroxyl groups excluding tert-OH is 1. The maximum Gasteiger partial charge on any atom is 0.308 e. The first kappa shape index (κ1) is 14.8. The molecule has 0 aromatic rings. The summed E-state index contributed by atoms with van der Waals surface area (Å²) in [6.45, 7) is 3.53. The molecule has 0 spiro atoms. The summed E-state index contributed by atoms with van der Waals surface area (Å²) in [6, 6.07) is 0. The van der Waals surface area contributed by atoms with Crippen LogP contribution in [0.3, 0.4) is 0 Å². The van der Waals surface area contributed by atoms with Gasteiger partial charge in [0.15, 0.2) is 0 Å². The van der Waals surface area contributed by atoms with E-state index in [1.54, 1.807) is 6.92 Å². The van der Waals surface area contributed by atoms with Crippen molar-refractivity contribution >= 4 is 17.7 Å². The number of rotatable bonds is 7. The van der Waals surface area contributed by atoms with E-state index in [2.05, 4.69) is 5.32 Å². The van der Waals surface area contributed by atoms with Crippen molar-refractivity contribution in [3.63, 3.8) is 0 Å². The molecule has 4 nitrogen and oxygen atoms in total. The van der Waals surface area contributed by atoms with Gasteiger partial charge in [-0.1, -0.05) is 6.42 Å². The molecule has 0 bridgehead atoms. The van der Waals surface area contributed by atoms with Gasteiger partial charge in [-0.25, -0.2) is 0 Å². The molecule has 0 amide bonds. The second-order valence-corrected chi connectivity index (χ2v) is 5.72. The lowest BCUT2D eigenvalue weighted by Crippen LogP contribution is -2.34. The van der Waals surface area contributed by atoms with Crippen LogP contribution in [0.25, 0.3) is 0 Å². The Morgan fingerprint density at radius 3 is 3.06 bits per heavy atom. The molecule has 2 unspecified atom stereocenters. The minimum atomic E-state index is -0.636. The van der Waals surface area contributed by atoms with Gasteiger partial charge in [0.2, 0.25) is 0 Å². The van der Waals surface area contributed by atoms with E-state index in [4.69, 9.17) is 4.74 Å². The fourth-order valence-electron chi connectivity index (χ4n) is 1.86. The monoisotopic (exact) mass is 261 g/mol. The highest BCUT2D eigenvalue weighted by Crippen LogP contribution is 2.24. The van der Waals surface area contributed by atoms with Crippen molar-refractivity contribution in [2.45, 2.75) is 44.0 Å². The smallest absolute Gasteiger partial charge is 0.308 e. The lowest BCUT2D eigenvalue weighted by atomic mass is 10.2. The van der Waals surface area contributed by atoms with Crippen molar-refractivity contribution in [3.8, 4) is 0 Å². The highest BCUT2D eigenvalue weighted by molar-refractivity contribution is 7.99. The molecule has 1 fully saturated rings. The predicted molar refractivity (Wildman–Crippen MR) is 70.2 cm³/mol. The number of carbonyl (C=O) groups excluding carboxylic acids is 1. The Hall–Kier alpha value is -0.260. The molecule has 1 saturated heterocycles. The van der Waals surface area contributed by atoms with Gasteiger partial charge in [0.1, 0.15) is 0 Å². The second kappa shape index (κ2) is 8.78. The summed E-state index contributed by atoms with van der Waals surface area (Å²) in [6.07, 6.45) is 3.34. The number of hydrogen-bond donors (Lipinski definition) is 2. The fourth-order valence-corrected chi connectivity index (χ4v) is 3.14. The maximum absolute atomic E-state index is 11.1. The van der Waals surface area contributed by atoms with E-state index in [-0.39, 0.29) is 12.4 Å². The van der Waals surface area contributed by atoms with E-state index >= 15 is 0 Å². The molecule has 2 N–H and O–H groups in total. The van der Waals surface area contributed by atoms with E-state index in [0.29, 0.717) is 18.4 Å². The Morgan fingerprint density at radius 2 is 2.41 bits per heavy atom. The number of carbonyl (C=O) groups is 1. The summed E-state index contributed by atoms with van der Waals surface area (Å²) in [5.74, 6) is 0.923. The van der Waals surface area contributed by atoms with Crippen LogP contribution in [0.5, 0.6) is 0 Å². The van der Waals surface area contributed by atoms with Crippen LogP contribution in [0.4, 0.5) is 0 Å². The van der Waals surface area contributed by atoms with Crippen LogP contribution in [0.2, 0.25) is 0 Å². The summed E-state index contributed by atoms with van der Waals surface area (Å²) < 4.78 is 4.78. The molecule has 0 saturated carbocycles. The van der Waals surface area contributed by atoms with Crippen molar-refractivity contribution in [1.29, 1.82) is 0 Å². The number of ether oxygens (including phenoxy) is 1. The van der Waals surface area contributed by atoms with E-state index in [9.17, 15) is 9.90 Å². The van der Waals surface area contributed by atoms with E-state index < -0.39 is 6.10 Å². The van der Waals surface area contributed by atoms with Gasteiger partial charge in [0.05, 0.1) is 19.1 Å². The molecular weight excluding hydrogens is 238 g/mol. The van der Waals surface area contributed by atoms with E-state index in [0.717, 1.165) is 6.54 Å². The molecule has 0 aromatic carbocycles. The molecule has 1 aliphatic rings.